The second kappa shape index (κ2) is 7.93. The Morgan fingerprint density at radius 2 is 1.78 bits per heavy atom. The van der Waals surface area contributed by atoms with Crippen LogP contribution in [0.3, 0.4) is 0 Å². The SMILES string of the molecule is NS(=O)(=O)c1ccc(N=C2NC(=O)C(CC(=O)c3ccc(Br)cc3)S2)cc1. The maximum atomic E-state index is 12.3. The molecule has 3 N–H and O–H groups in total. The Morgan fingerprint density at radius 1 is 1.15 bits per heavy atom. The van der Waals surface area contributed by atoms with Crippen molar-refractivity contribution < 1.29 is 18.0 Å². The van der Waals surface area contributed by atoms with Gasteiger partial charge in [0, 0.05) is 16.5 Å². The third-order valence-corrected chi connectivity index (χ3v) is 6.25. The molecule has 1 heterocycles. The third kappa shape index (κ3) is 5.04. The Morgan fingerprint density at radius 3 is 2.37 bits per heavy atom. The van der Waals surface area contributed by atoms with Crippen molar-refractivity contribution in [3.8, 4) is 0 Å². The van der Waals surface area contributed by atoms with Crippen LogP contribution < -0.4 is 10.5 Å². The first-order valence-electron chi connectivity index (χ1n) is 7.70. The smallest absolute Gasteiger partial charge is 0.240 e. The predicted octanol–water partition coefficient (Wildman–Crippen LogP) is 2.59. The Kier molecular flexibility index (Phi) is 5.80. The maximum Gasteiger partial charge on any atom is 0.240 e. The van der Waals surface area contributed by atoms with Gasteiger partial charge in [0.15, 0.2) is 11.0 Å². The highest BCUT2D eigenvalue weighted by atomic mass is 79.9. The van der Waals surface area contributed by atoms with Crippen LogP contribution in [0.15, 0.2) is 62.9 Å². The number of halogens is 1. The van der Waals surface area contributed by atoms with Gasteiger partial charge < -0.3 is 5.32 Å². The van der Waals surface area contributed by atoms with Gasteiger partial charge in [-0.05, 0) is 36.4 Å². The topological polar surface area (TPSA) is 119 Å². The van der Waals surface area contributed by atoms with Crippen molar-refractivity contribution in [1.82, 2.24) is 5.32 Å². The van der Waals surface area contributed by atoms with Gasteiger partial charge in [0.05, 0.1) is 15.8 Å². The highest BCUT2D eigenvalue weighted by Crippen LogP contribution is 2.27. The number of amides is 1. The van der Waals surface area contributed by atoms with E-state index in [0.29, 0.717) is 16.4 Å². The Bertz CT molecular complexity index is 1020. The summed E-state index contributed by atoms with van der Waals surface area (Å²) in [6.07, 6.45) is 0.0571. The van der Waals surface area contributed by atoms with E-state index in [1.165, 1.54) is 36.0 Å². The second-order valence-electron chi connectivity index (χ2n) is 5.69. The van der Waals surface area contributed by atoms with Crippen molar-refractivity contribution in [2.45, 2.75) is 16.6 Å². The number of thioether (sulfide) groups is 1. The number of nitrogens with two attached hydrogens (primary N) is 1. The molecule has 140 valence electrons. The van der Waals surface area contributed by atoms with Crippen molar-refractivity contribution in [3.05, 3.63) is 58.6 Å². The average molecular weight is 468 g/mol. The number of rotatable bonds is 5. The molecule has 2 aromatic carbocycles. The Hall–Kier alpha value is -2.01. The number of sulfonamides is 1. The number of carbonyl (C=O) groups excluding carboxylic acids is 2. The molecule has 2 aromatic rings. The van der Waals surface area contributed by atoms with Crippen molar-refractivity contribution in [3.63, 3.8) is 0 Å². The normalized spacial score (nSPS) is 18.5. The summed E-state index contributed by atoms with van der Waals surface area (Å²) in [7, 11) is -3.77. The van der Waals surface area contributed by atoms with Gasteiger partial charge in [0.2, 0.25) is 15.9 Å². The van der Waals surface area contributed by atoms with Crippen LogP contribution in [-0.2, 0) is 14.8 Å². The number of amidine groups is 1. The molecule has 1 amide bonds. The van der Waals surface area contributed by atoms with E-state index in [4.69, 9.17) is 5.14 Å². The van der Waals surface area contributed by atoms with Crippen molar-refractivity contribution in [2.75, 3.05) is 0 Å². The van der Waals surface area contributed by atoms with E-state index in [0.717, 1.165) is 4.47 Å². The summed E-state index contributed by atoms with van der Waals surface area (Å²) >= 11 is 4.48. The minimum atomic E-state index is -3.77. The fourth-order valence-corrected chi connectivity index (χ4v) is 4.11. The molecule has 0 aliphatic carbocycles. The van der Waals surface area contributed by atoms with Crippen molar-refractivity contribution >= 4 is 60.3 Å². The molecule has 1 aliphatic rings. The van der Waals surface area contributed by atoms with Gasteiger partial charge in [-0.2, -0.15) is 0 Å². The first-order valence-corrected chi connectivity index (χ1v) is 10.9. The fourth-order valence-electron chi connectivity index (χ4n) is 2.34. The number of nitrogens with zero attached hydrogens (tertiary/aromatic N) is 1. The van der Waals surface area contributed by atoms with Gasteiger partial charge in [0.1, 0.15) is 0 Å². The van der Waals surface area contributed by atoms with Crippen molar-refractivity contribution in [2.24, 2.45) is 10.1 Å². The van der Waals surface area contributed by atoms with Gasteiger partial charge in [-0.3, -0.25) is 9.59 Å². The molecule has 7 nitrogen and oxygen atoms in total. The lowest BCUT2D eigenvalue weighted by atomic mass is 10.1. The third-order valence-electron chi connectivity index (χ3n) is 3.71. The number of hydrogen-bond donors (Lipinski definition) is 2. The van der Waals surface area contributed by atoms with E-state index in [1.807, 2.05) is 0 Å². The van der Waals surface area contributed by atoms with Gasteiger partial charge in [-0.1, -0.05) is 39.8 Å². The largest absolute Gasteiger partial charge is 0.304 e. The zero-order chi connectivity index (χ0) is 19.6. The van der Waals surface area contributed by atoms with E-state index < -0.39 is 15.3 Å². The molecule has 0 bridgehead atoms. The molecule has 0 radical (unpaired) electrons. The zero-order valence-corrected chi connectivity index (χ0v) is 17.0. The van der Waals surface area contributed by atoms with E-state index in [-0.39, 0.29) is 23.0 Å². The molecule has 0 saturated carbocycles. The second-order valence-corrected chi connectivity index (χ2v) is 9.35. The first kappa shape index (κ1) is 19.7. The number of carbonyl (C=O) groups is 2. The lowest BCUT2D eigenvalue weighted by Gasteiger charge is -2.04. The fraction of sp³-hybridized carbons (Fsp3) is 0.118. The number of Topliss-reactive ketones (excluding diaryl/α,β-unsaturated/α-hetero) is 1. The molecule has 1 fully saturated rings. The van der Waals surface area contributed by atoms with Crippen LogP contribution in [0, 0.1) is 0 Å². The molecule has 1 unspecified atom stereocenters. The van der Waals surface area contributed by atoms with Crippen LogP contribution in [0.4, 0.5) is 5.69 Å². The summed E-state index contributed by atoms with van der Waals surface area (Å²) in [6, 6.07) is 12.6. The molecule has 1 saturated heterocycles. The van der Waals surface area contributed by atoms with Gasteiger partial charge >= 0.3 is 0 Å². The lowest BCUT2D eigenvalue weighted by molar-refractivity contribution is -0.118. The predicted molar refractivity (Wildman–Crippen MR) is 108 cm³/mol. The van der Waals surface area contributed by atoms with Crippen molar-refractivity contribution in [1.29, 1.82) is 0 Å². The molecule has 1 atom stereocenters. The van der Waals surface area contributed by atoms with Crippen LogP contribution in [-0.4, -0.2) is 30.5 Å². The minimum Gasteiger partial charge on any atom is -0.304 e. The molecule has 10 heteroatoms. The molecule has 3 rings (SSSR count). The van der Waals surface area contributed by atoms with Gasteiger partial charge in [-0.15, -0.1) is 0 Å². The number of nitrogens with one attached hydrogen (secondary N) is 1. The highest BCUT2D eigenvalue weighted by Gasteiger charge is 2.32. The summed E-state index contributed by atoms with van der Waals surface area (Å²) in [5, 5.41) is 7.48. The first-order chi connectivity index (χ1) is 12.7. The summed E-state index contributed by atoms with van der Waals surface area (Å²) in [6.45, 7) is 0. The highest BCUT2D eigenvalue weighted by molar-refractivity contribution is 9.10. The Balaban J connectivity index is 1.68. The van der Waals surface area contributed by atoms with E-state index in [2.05, 4.69) is 26.2 Å². The van der Waals surface area contributed by atoms with Crippen LogP contribution in [0.25, 0.3) is 0 Å². The monoisotopic (exact) mass is 467 g/mol. The Labute approximate surface area is 168 Å². The van der Waals surface area contributed by atoms with Gasteiger partial charge in [0.25, 0.3) is 0 Å². The van der Waals surface area contributed by atoms with E-state index >= 15 is 0 Å². The molecule has 0 spiro atoms. The summed E-state index contributed by atoms with van der Waals surface area (Å²) < 4.78 is 23.4. The zero-order valence-electron chi connectivity index (χ0n) is 13.8. The van der Waals surface area contributed by atoms with Crippen LogP contribution >= 0.6 is 27.7 Å². The number of ketones is 1. The molecule has 1 aliphatic heterocycles. The van der Waals surface area contributed by atoms with E-state index in [9.17, 15) is 18.0 Å². The number of benzene rings is 2. The summed E-state index contributed by atoms with van der Waals surface area (Å²) in [4.78, 5) is 28.7. The maximum absolute atomic E-state index is 12.3. The molecule has 27 heavy (non-hydrogen) atoms. The number of primary sulfonamides is 1. The molecular weight excluding hydrogens is 454 g/mol. The van der Waals surface area contributed by atoms with E-state index in [1.54, 1.807) is 24.3 Å². The van der Waals surface area contributed by atoms with Gasteiger partial charge in [-0.25, -0.2) is 18.5 Å². The summed E-state index contributed by atoms with van der Waals surface area (Å²) in [5.74, 6) is -0.417. The number of hydrogen-bond acceptors (Lipinski definition) is 6. The lowest BCUT2D eigenvalue weighted by Crippen LogP contribution is -2.26. The number of aliphatic imine (C=N–C) groups is 1. The summed E-state index contributed by atoms with van der Waals surface area (Å²) in [5.41, 5.74) is 1.00. The quantitative estimate of drug-likeness (QED) is 0.654. The minimum absolute atomic E-state index is 0.0208. The molecular formula is C17H14BrN3O4S2. The van der Waals surface area contributed by atoms with Crippen LogP contribution in [0.1, 0.15) is 16.8 Å². The standard InChI is InChI=1S/C17H14BrN3O4S2/c18-11-3-1-10(2-4-11)14(22)9-15-16(23)21-17(26-15)20-12-5-7-13(8-6-12)27(19,24)25/h1-8,15H,9H2,(H2,19,24,25)(H,20,21,23). The average Bonchev–Trinajstić information content (AvgIpc) is 2.94. The van der Waals surface area contributed by atoms with Crippen LogP contribution in [0.2, 0.25) is 0 Å². The molecule has 0 aromatic heterocycles. The van der Waals surface area contributed by atoms with Crippen LogP contribution in [0.5, 0.6) is 0 Å².